The number of carbonyl (C=O) groups excluding carboxylic acids is 1. The molecule has 1 aromatic rings. The average molecular weight is 332 g/mol. The highest BCUT2D eigenvalue weighted by molar-refractivity contribution is 5.76. The van der Waals surface area contributed by atoms with Gasteiger partial charge in [-0.05, 0) is 58.7 Å². The minimum absolute atomic E-state index is 0.230. The van der Waals surface area contributed by atoms with Crippen LogP contribution in [0.2, 0.25) is 0 Å². The number of nitrogens with zero attached hydrogens (tertiary/aromatic N) is 3. The standard InChI is InChI=1S/C18H28N4O2/c1-13-15(14(2)20-17(24)19-13)5-6-16(23)22-9-4-7-18(12-22)8-10-21(3)11-18/h4-12H2,1-3H3,(H,19,20,24)/t18-/m0/s1. The van der Waals surface area contributed by atoms with Gasteiger partial charge in [-0.2, -0.15) is 4.98 Å². The van der Waals surface area contributed by atoms with Crippen LogP contribution in [-0.4, -0.2) is 58.9 Å². The van der Waals surface area contributed by atoms with Gasteiger partial charge in [-0.15, -0.1) is 0 Å². The van der Waals surface area contributed by atoms with Crippen molar-refractivity contribution in [1.29, 1.82) is 0 Å². The molecule has 1 amide bonds. The first-order chi connectivity index (χ1) is 11.4. The van der Waals surface area contributed by atoms with Crippen molar-refractivity contribution >= 4 is 5.91 Å². The van der Waals surface area contributed by atoms with Gasteiger partial charge < -0.3 is 14.8 Å². The highest BCUT2D eigenvalue weighted by Gasteiger charge is 2.41. The van der Waals surface area contributed by atoms with Crippen LogP contribution in [0.3, 0.4) is 0 Å². The van der Waals surface area contributed by atoms with Crippen LogP contribution in [-0.2, 0) is 11.2 Å². The van der Waals surface area contributed by atoms with Crippen LogP contribution in [0.25, 0.3) is 0 Å². The van der Waals surface area contributed by atoms with Crippen LogP contribution in [0.1, 0.15) is 42.6 Å². The van der Waals surface area contributed by atoms with Gasteiger partial charge in [0.15, 0.2) is 0 Å². The average Bonchev–Trinajstić information content (AvgIpc) is 2.86. The number of H-pyrrole nitrogens is 1. The number of hydrogen-bond donors (Lipinski definition) is 1. The van der Waals surface area contributed by atoms with E-state index < -0.39 is 0 Å². The molecular weight excluding hydrogens is 304 g/mol. The second-order valence-corrected chi connectivity index (χ2v) is 7.64. The first-order valence-corrected chi connectivity index (χ1v) is 8.91. The van der Waals surface area contributed by atoms with Crippen LogP contribution in [0.5, 0.6) is 0 Å². The van der Waals surface area contributed by atoms with Crippen molar-refractivity contribution in [3.63, 3.8) is 0 Å². The molecule has 1 aromatic heterocycles. The molecule has 1 atom stereocenters. The molecule has 0 unspecified atom stereocenters. The van der Waals surface area contributed by atoms with Gasteiger partial charge in [-0.25, -0.2) is 4.79 Å². The van der Waals surface area contributed by atoms with Gasteiger partial charge in [0.2, 0.25) is 5.91 Å². The summed E-state index contributed by atoms with van der Waals surface area (Å²) in [5.41, 5.74) is 2.55. The van der Waals surface area contributed by atoms with E-state index in [0.717, 1.165) is 49.6 Å². The lowest BCUT2D eigenvalue weighted by atomic mass is 9.79. The fraction of sp³-hybridized carbons (Fsp3) is 0.722. The fourth-order valence-corrected chi connectivity index (χ4v) is 4.43. The van der Waals surface area contributed by atoms with Crippen molar-refractivity contribution < 1.29 is 4.79 Å². The Balaban J connectivity index is 1.62. The van der Waals surface area contributed by atoms with Crippen molar-refractivity contribution in [2.75, 3.05) is 33.2 Å². The monoisotopic (exact) mass is 332 g/mol. The Kier molecular flexibility index (Phi) is 4.76. The molecule has 3 rings (SSSR count). The van der Waals surface area contributed by atoms with Crippen LogP contribution < -0.4 is 5.69 Å². The maximum absolute atomic E-state index is 12.7. The minimum Gasteiger partial charge on any atom is -0.342 e. The summed E-state index contributed by atoms with van der Waals surface area (Å²) in [6.45, 7) is 7.75. The molecular formula is C18H28N4O2. The smallest absolute Gasteiger partial charge is 0.342 e. The van der Waals surface area contributed by atoms with E-state index in [2.05, 4.69) is 26.8 Å². The minimum atomic E-state index is -0.316. The van der Waals surface area contributed by atoms with E-state index in [4.69, 9.17) is 0 Å². The predicted octanol–water partition coefficient (Wildman–Crippen LogP) is 1.26. The maximum Gasteiger partial charge on any atom is 0.345 e. The molecule has 0 saturated carbocycles. The summed E-state index contributed by atoms with van der Waals surface area (Å²) in [4.78, 5) is 35.2. The highest BCUT2D eigenvalue weighted by atomic mass is 16.2. The molecule has 6 heteroatoms. The SMILES string of the molecule is Cc1nc(=O)[nH]c(C)c1CCC(=O)N1CCC[C@@]2(CCN(C)C2)C1. The summed E-state index contributed by atoms with van der Waals surface area (Å²) < 4.78 is 0. The second-order valence-electron chi connectivity index (χ2n) is 7.64. The fourth-order valence-electron chi connectivity index (χ4n) is 4.43. The van der Waals surface area contributed by atoms with Crippen LogP contribution in [0.4, 0.5) is 0 Å². The number of aromatic amines is 1. The molecule has 1 spiro atoms. The summed E-state index contributed by atoms with van der Waals surface area (Å²) in [5.74, 6) is 0.230. The lowest BCUT2D eigenvalue weighted by Crippen LogP contribution is -2.47. The van der Waals surface area contributed by atoms with Crippen molar-refractivity contribution in [2.24, 2.45) is 5.41 Å². The normalized spacial score (nSPS) is 24.7. The first kappa shape index (κ1) is 17.1. The summed E-state index contributed by atoms with van der Waals surface area (Å²) in [6.07, 6.45) is 4.68. The van der Waals surface area contributed by atoms with Crippen LogP contribution in [0, 0.1) is 19.3 Å². The van der Waals surface area contributed by atoms with E-state index in [9.17, 15) is 9.59 Å². The number of carbonyl (C=O) groups is 1. The molecule has 0 aliphatic carbocycles. The Bertz CT molecular complexity index is 654. The number of amides is 1. The Hall–Kier alpha value is -1.69. The number of rotatable bonds is 3. The Morgan fingerprint density at radius 3 is 2.71 bits per heavy atom. The molecule has 2 fully saturated rings. The third-order valence-corrected chi connectivity index (χ3v) is 5.69. The van der Waals surface area contributed by atoms with E-state index in [1.807, 2.05) is 13.8 Å². The highest BCUT2D eigenvalue weighted by Crippen LogP contribution is 2.38. The molecule has 2 aliphatic rings. The Morgan fingerprint density at radius 1 is 1.25 bits per heavy atom. The van der Waals surface area contributed by atoms with Crippen molar-refractivity contribution in [2.45, 2.75) is 46.0 Å². The van der Waals surface area contributed by atoms with Crippen LogP contribution in [0.15, 0.2) is 4.79 Å². The Labute approximate surface area is 143 Å². The quantitative estimate of drug-likeness (QED) is 0.905. The third-order valence-electron chi connectivity index (χ3n) is 5.69. The zero-order valence-electron chi connectivity index (χ0n) is 15.0. The van der Waals surface area contributed by atoms with E-state index >= 15 is 0 Å². The zero-order valence-corrected chi connectivity index (χ0v) is 15.0. The van der Waals surface area contributed by atoms with Crippen LogP contribution >= 0.6 is 0 Å². The lowest BCUT2D eigenvalue weighted by Gasteiger charge is -2.40. The number of aromatic nitrogens is 2. The number of hydrogen-bond acceptors (Lipinski definition) is 4. The summed E-state index contributed by atoms with van der Waals surface area (Å²) in [5, 5.41) is 0. The lowest BCUT2D eigenvalue weighted by molar-refractivity contribution is -0.134. The van der Waals surface area contributed by atoms with E-state index in [0.29, 0.717) is 18.3 Å². The molecule has 0 aromatic carbocycles. The summed E-state index contributed by atoms with van der Waals surface area (Å²) in [7, 11) is 2.17. The molecule has 0 radical (unpaired) electrons. The molecule has 0 bridgehead atoms. The molecule has 6 nitrogen and oxygen atoms in total. The second kappa shape index (κ2) is 6.67. The van der Waals surface area contributed by atoms with Crippen molar-refractivity contribution in [3.8, 4) is 0 Å². The topological polar surface area (TPSA) is 69.3 Å². The van der Waals surface area contributed by atoms with Gasteiger partial charge in [-0.3, -0.25) is 4.79 Å². The van der Waals surface area contributed by atoms with Gasteiger partial charge in [0, 0.05) is 42.9 Å². The van der Waals surface area contributed by atoms with Gasteiger partial charge in [-0.1, -0.05) is 0 Å². The Morgan fingerprint density at radius 2 is 2.04 bits per heavy atom. The largest absolute Gasteiger partial charge is 0.345 e. The number of aryl methyl sites for hydroxylation is 2. The molecule has 1 N–H and O–H groups in total. The van der Waals surface area contributed by atoms with E-state index in [-0.39, 0.29) is 11.6 Å². The predicted molar refractivity (Wildman–Crippen MR) is 93.0 cm³/mol. The third kappa shape index (κ3) is 3.53. The van der Waals surface area contributed by atoms with Gasteiger partial charge >= 0.3 is 5.69 Å². The van der Waals surface area contributed by atoms with Gasteiger partial charge in [0.05, 0.1) is 0 Å². The van der Waals surface area contributed by atoms with E-state index in [1.54, 1.807) is 0 Å². The summed E-state index contributed by atoms with van der Waals surface area (Å²) >= 11 is 0. The first-order valence-electron chi connectivity index (χ1n) is 8.91. The number of likely N-dealkylation sites (tertiary alicyclic amines) is 2. The zero-order chi connectivity index (χ0) is 17.3. The summed E-state index contributed by atoms with van der Waals surface area (Å²) in [6, 6.07) is 0. The number of nitrogens with one attached hydrogen (secondary N) is 1. The molecule has 2 aliphatic heterocycles. The molecule has 132 valence electrons. The van der Waals surface area contributed by atoms with Gasteiger partial charge in [0.25, 0.3) is 0 Å². The maximum atomic E-state index is 12.7. The van der Waals surface area contributed by atoms with E-state index in [1.165, 1.54) is 12.8 Å². The number of piperidine rings is 1. The van der Waals surface area contributed by atoms with Crippen molar-refractivity contribution in [1.82, 2.24) is 19.8 Å². The van der Waals surface area contributed by atoms with Gasteiger partial charge in [0.1, 0.15) is 0 Å². The van der Waals surface area contributed by atoms with Crippen molar-refractivity contribution in [3.05, 3.63) is 27.4 Å². The molecule has 24 heavy (non-hydrogen) atoms. The molecule has 3 heterocycles. The molecule has 2 saturated heterocycles.